The molecule has 2 aromatic carbocycles. The van der Waals surface area contributed by atoms with Crippen LogP contribution in [0.25, 0.3) is 22.2 Å². The number of nitrogens with one attached hydrogen (secondary N) is 1. The lowest BCUT2D eigenvalue weighted by Gasteiger charge is -2.13. The summed E-state index contributed by atoms with van der Waals surface area (Å²) in [5.74, 6) is -0.185. The molecule has 0 saturated carbocycles. The Morgan fingerprint density at radius 2 is 1.88 bits per heavy atom. The third-order valence-corrected chi connectivity index (χ3v) is 5.99. The molecule has 1 amide bonds. The summed E-state index contributed by atoms with van der Waals surface area (Å²) in [4.78, 5) is 31.2. The average Bonchev–Trinajstić information content (AvgIpc) is 3.21. The molecule has 0 atom stereocenters. The summed E-state index contributed by atoms with van der Waals surface area (Å²) in [7, 11) is 1.64. The largest absolute Gasteiger partial charge is 0.385 e. The Bertz CT molecular complexity index is 1360. The molecule has 4 rings (SSSR count). The van der Waals surface area contributed by atoms with Crippen LogP contribution in [0.5, 0.6) is 0 Å². The molecular formula is C27H30N4O3. The number of carbonyl (C=O) groups excluding carboxylic acids is 1. The van der Waals surface area contributed by atoms with Gasteiger partial charge in [-0.25, -0.2) is 4.98 Å². The Kier molecular flexibility index (Phi) is 7.23. The minimum atomic E-state index is -0.185. The highest BCUT2D eigenvalue weighted by Crippen LogP contribution is 2.28. The summed E-state index contributed by atoms with van der Waals surface area (Å²) >= 11 is 0. The number of amides is 1. The van der Waals surface area contributed by atoms with E-state index in [4.69, 9.17) is 4.74 Å². The number of nitrogens with zero attached hydrogens (tertiary/aromatic N) is 3. The second-order valence-electron chi connectivity index (χ2n) is 8.33. The van der Waals surface area contributed by atoms with Crippen LogP contribution in [0.3, 0.4) is 0 Å². The number of hydrogen-bond donors (Lipinski definition) is 1. The predicted molar refractivity (Wildman–Crippen MR) is 135 cm³/mol. The van der Waals surface area contributed by atoms with Gasteiger partial charge in [0.25, 0.3) is 5.56 Å². The highest BCUT2D eigenvalue weighted by atomic mass is 16.5. The number of rotatable bonds is 9. The highest BCUT2D eigenvalue weighted by molar-refractivity contribution is 5.96. The van der Waals surface area contributed by atoms with Crippen LogP contribution in [0.15, 0.2) is 65.8 Å². The molecule has 2 aromatic heterocycles. The number of methoxy groups -OCH3 is 1. The predicted octanol–water partition coefficient (Wildman–Crippen LogP) is 4.41. The van der Waals surface area contributed by atoms with Gasteiger partial charge in [0.1, 0.15) is 17.6 Å². The van der Waals surface area contributed by atoms with Crippen molar-refractivity contribution >= 4 is 22.6 Å². The monoisotopic (exact) mass is 458 g/mol. The van der Waals surface area contributed by atoms with E-state index in [0.717, 1.165) is 34.4 Å². The molecule has 176 valence electrons. The molecule has 2 heterocycles. The van der Waals surface area contributed by atoms with Crippen LogP contribution in [0.4, 0.5) is 5.69 Å². The number of benzene rings is 2. The Balaban J connectivity index is 1.74. The van der Waals surface area contributed by atoms with E-state index in [-0.39, 0.29) is 18.0 Å². The van der Waals surface area contributed by atoms with Crippen LogP contribution in [-0.2, 0) is 29.0 Å². The van der Waals surface area contributed by atoms with Crippen molar-refractivity contribution in [1.82, 2.24) is 14.1 Å². The standard InChI is InChI=1S/C27H30N4O3/c1-4-20-13-8-10-19(2)24(20)29-23(32)17-31-16-22(21-11-6-5-7-12-21)25-26(31)27(33)30(18-28-25)14-9-15-34-3/h5-8,10-13,16,18H,4,9,14-15,17H2,1-3H3,(H,29,32). The van der Waals surface area contributed by atoms with Crippen LogP contribution in [0, 0.1) is 6.92 Å². The zero-order valence-electron chi connectivity index (χ0n) is 19.9. The van der Waals surface area contributed by atoms with Crippen molar-refractivity contribution in [2.75, 3.05) is 19.0 Å². The number of carbonyl (C=O) groups is 1. The molecular weight excluding hydrogens is 428 g/mol. The molecule has 0 bridgehead atoms. The molecule has 1 N–H and O–H groups in total. The van der Waals surface area contributed by atoms with Gasteiger partial charge in [-0.1, -0.05) is 55.5 Å². The summed E-state index contributed by atoms with van der Waals surface area (Å²) in [5.41, 5.74) is 5.56. The normalized spacial score (nSPS) is 11.1. The third-order valence-electron chi connectivity index (χ3n) is 5.99. The number of fused-ring (bicyclic) bond motifs is 1. The van der Waals surface area contributed by atoms with Gasteiger partial charge in [0.05, 0.1) is 6.33 Å². The summed E-state index contributed by atoms with van der Waals surface area (Å²) in [6, 6.07) is 15.8. The smallest absolute Gasteiger partial charge is 0.277 e. The van der Waals surface area contributed by atoms with Crippen molar-refractivity contribution < 1.29 is 9.53 Å². The molecule has 7 nitrogen and oxygen atoms in total. The van der Waals surface area contributed by atoms with E-state index in [1.165, 1.54) is 0 Å². The van der Waals surface area contributed by atoms with Crippen LogP contribution in [0.2, 0.25) is 0 Å². The Morgan fingerprint density at radius 3 is 2.62 bits per heavy atom. The molecule has 0 fully saturated rings. The summed E-state index contributed by atoms with van der Waals surface area (Å²) in [5, 5.41) is 3.06. The Morgan fingerprint density at radius 1 is 1.09 bits per heavy atom. The van der Waals surface area contributed by atoms with E-state index in [1.807, 2.05) is 61.7 Å². The van der Waals surface area contributed by atoms with Gasteiger partial charge in [-0.3, -0.25) is 14.2 Å². The van der Waals surface area contributed by atoms with Crippen LogP contribution in [-0.4, -0.2) is 33.7 Å². The van der Waals surface area contributed by atoms with Gasteiger partial charge in [-0.05, 0) is 36.5 Å². The molecule has 7 heteroatoms. The Labute approximate surface area is 199 Å². The quantitative estimate of drug-likeness (QED) is 0.377. The van der Waals surface area contributed by atoms with Gasteiger partial charge in [0.15, 0.2) is 0 Å². The maximum absolute atomic E-state index is 13.4. The zero-order chi connectivity index (χ0) is 24.1. The lowest BCUT2D eigenvalue weighted by molar-refractivity contribution is -0.116. The summed E-state index contributed by atoms with van der Waals surface area (Å²) < 4.78 is 8.43. The molecule has 0 spiro atoms. The van der Waals surface area contributed by atoms with E-state index < -0.39 is 0 Å². The van der Waals surface area contributed by atoms with Crippen LogP contribution < -0.4 is 10.9 Å². The molecule has 4 aromatic rings. The van der Waals surface area contributed by atoms with Crippen molar-refractivity contribution in [1.29, 1.82) is 0 Å². The number of anilines is 1. The van der Waals surface area contributed by atoms with E-state index in [9.17, 15) is 9.59 Å². The number of ether oxygens (including phenoxy) is 1. The first-order valence-corrected chi connectivity index (χ1v) is 11.5. The Hall–Kier alpha value is -3.71. The maximum atomic E-state index is 13.4. The van der Waals surface area contributed by atoms with E-state index in [2.05, 4.69) is 17.2 Å². The van der Waals surface area contributed by atoms with Crippen LogP contribution >= 0.6 is 0 Å². The van der Waals surface area contributed by atoms with Crippen LogP contribution in [0.1, 0.15) is 24.5 Å². The molecule has 0 unspecified atom stereocenters. The fourth-order valence-electron chi connectivity index (χ4n) is 4.24. The van der Waals surface area contributed by atoms with Crippen molar-refractivity contribution in [3.8, 4) is 11.1 Å². The maximum Gasteiger partial charge on any atom is 0.277 e. The fraction of sp³-hybridized carbons (Fsp3) is 0.296. The van der Waals surface area contributed by atoms with Gasteiger partial charge in [-0.15, -0.1) is 0 Å². The van der Waals surface area contributed by atoms with Gasteiger partial charge < -0.3 is 14.6 Å². The first-order valence-electron chi connectivity index (χ1n) is 11.5. The van der Waals surface area contributed by atoms with E-state index in [1.54, 1.807) is 22.6 Å². The van der Waals surface area contributed by atoms with E-state index >= 15 is 0 Å². The zero-order valence-corrected chi connectivity index (χ0v) is 19.9. The van der Waals surface area contributed by atoms with E-state index in [0.29, 0.717) is 30.6 Å². The molecule has 0 aliphatic rings. The van der Waals surface area contributed by atoms with Crippen molar-refractivity contribution in [2.45, 2.75) is 39.8 Å². The second kappa shape index (κ2) is 10.5. The van der Waals surface area contributed by atoms with Crippen molar-refractivity contribution in [3.63, 3.8) is 0 Å². The average molecular weight is 459 g/mol. The lowest BCUT2D eigenvalue weighted by Crippen LogP contribution is -2.25. The molecule has 34 heavy (non-hydrogen) atoms. The molecule has 0 saturated heterocycles. The fourth-order valence-corrected chi connectivity index (χ4v) is 4.24. The van der Waals surface area contributed by atoms with Gasteiger partial charge in [0, 0.05) is 37.7 Å². The highest BCUT2D eigenvalue weighted by Gasteiger charge is 2.18. The molecule has 0 aliphatic heterocycles. The number of para-hydroxylation sites is 1. The molecule has 0 aliphatic carbocycles. The topological polar surface area (TPSA) is 78.2 Å². The minimum absolute atomic E-state index is 0.0137. The first-order chi connectivity index (χ1) is 16.5. The van der Waals surface area contributed by atoms with Gasteiger partial charge in [-0.2, -0.15) is 0 Å². The van der Waals surface area contributed by atoms with Gasteiger partial charge in [0.2, 0.25) is 5.91 Å². The van der Waals surface area contributed by atoms with Crippen molar-refractivity contribution in [2.24, 2.45) is 0 Å². The van der Waals surface area contributed by atoms with Gasteiger partial charge >= 0.3 is 0 Å². The number of aryl methyl sites for hydroxylation is 3. The SMILES string of the molecule is CCc1cccc(C)c1NC(=O)Cn1cc(-c2ccccc2)c2ncn(CCCOC)c(=O)c21. The first kappa shape index (κ1) is 23.4. The third kappa shape index (κ3) is 4.79. The lowest BCUT2D eigenvalue weighted by atomic mass is 10.1. The summed E-state index contributed by atoms with van der Waals surface area (Å²) in [6.45, 7) is 5.11. The number of hydrogen-bond acceptors (Lipinski definition) is 4. The van der Waals surface area contributed by atoms with Crippen molar-refractivity contribution in [3.05, 3.63) is 82.5 Å². The summed E-state index contributed by atoms with van der Waals surface area (Å²) in [6.07, 6.45) is 4.95. The number of aromatic nitrogens is 3. The molecule has 0 radical (unpaired) electrons. The second-order valence-corrected chi connectivity index (χ2v) is 8.33. The minimum Gasteiger partial charge on any atom is -0.385 e.